The lowest BCUT2D eigenvalue weighted by atomic mass is 10.1. The number of hydrogen-bond donors (Lipinski definition) is 0. The molecule has 0 aromatic carbocycles. The van der Waals surface area contributed by atoms with Crippen molar-refractivity contribution in [2.24, 2.45) is 0 Å². The number of carbonyl (C=O) groups is 2. The van der Waals surface area contributed by atoms with Crippen molar-refractivity contribution in [3.63, 3.8) is 0 Å². The van der Waals surface area contributed by atoms with Gasteiger partial charge < -0.3 is 4.90 Å². The van der Waals surface area contributed by atoms with Crippen LogP contribution in [0.25, 0.3) is 0 Å². The van der Waals surface area contributed by atoms with Crippen molar-refractivity contribution in [2.75, 3.05) is 7.05 Å². The zero-order valence-electron chi connectivity index (χ0n) is 6.68. The largest absolute Gasteiger partial charge is 0.431 e. The Bertz CT molecular complexity index is 293. The fourth-order valence-corrected chi connectivity index (χ4v) is 0.974. The first-order chi connectivity index (χ1) is 5.82. The highest BCUT2D eigenvalue weighted by atomic mass is 19.4. The molecule has 1 rings (SSSR count). The number of carbonyl (C=O) groups excluding carboxylic acids is 2. The van der Waals surface area contributed by atoms with Gasteiger partial charge in [-0.05, 0) is 0 Å². The van der Waals surface area contributed by atoms with Gasteiger partial charge in [-0.25, -0.2) is 0 Å². The van der Waals surface area contributed by atoms with Crippen LogP contribution >= 0.6 is 0 Å². The van der Waals surface area contributed by atoms with E-state index in [0.29, 0.717) is 11.0 Å². The molecule has 0 aromatic heterocycles. The molecule has 1 aliphatic heterocycles. The van der Waals surface area contributed by atoms with Crippen molar-refractivity contribution < 1.29 is 22.8 Å². The van der Waals surface area contributed by atoms with Gasteiger partial charge in [-0.3, -0.25) is 9.59 Å². The van der Waals surface area contributed by atoms with Crippen molar-refractivity contribution in [1.82, 2.24) is 4.90 Å². The average molecular weight is 193 g/mol. The first-order valence-corrected chi connectivity index (χ1v) is 3.40. The van der Waals surface area contributed by atoms with Crippen LogP contribution in [0.2, 0.25) is 0 Å². The second-order valence-electron chi connectivity index (χ2n) is 2.62. The molecule has 1 heterocycles. The van der Waals surface area contributed by atoms with Gasteiger partial charge in [0.2, 0.25) is 5.91 Å². The van der Waals surface area contributed by atoms with Gasteiger partial charge in [-0.2, -0.15) is 13.2 Å². The standard InChI is InChI=1S/C7H6F3NO2/c1-11-5(7(8,9)10)2-4(12)3-6(11)13/h2H,3H2,1H3. The van der Waals surface area contributed by atoms with Gasteiger partial charge in [0, 0.05) is 13.1 Å². The SMILES string of the molecule is CN1C(=O)CC(=O)C=C1C(F)(F)F. The third kappa shape index (κ3) is 1.88. The van der Waals surface area contributed by atoms with E-state index in [4.69, 9.17) is 0 Å². The Labute approximate surface area is 71.8 Å². The Morgan fingerprint density at radius 2 is 1.92 bits per heavy atom. The maximum Gasteiger partial charge on any atom is 0.431 e. The Morgan fingerprint density at radius 1 is 1.38 bits per heavy atom. The highest BCUT2D eigenvalue weighted by Gasteiger charge is 2.41. The molecule has 72 valence electrons. The van der Waals surface area contributed by atoms with Crippen molar-refractivity contribution in [1.29, 1.82) is 0 Å². The van der Waals surface area contributed by atoms with Crippen LogP contribution in [-0.4, -0.2) is 29.8 Å². The van der Waals surface area contributed by atoms with Crippen molar-refractivity contribution in [3.05, 3.63) is 11.8 Å². The van der Waals surface area contributed by atoms with E-state index < -0.39 is 30.0 Å². The molecule has 0 unspecified atom stereocenters. The molecule has 0 aliphatic carbocycles. The lowest BCUT2D eigenvalue weighted by molar-refractivity contribution is -0.145. The number of allylic oxidation sites excluding steroid dienone is 2. The zero-order chi connectivity index (χ0) is 10.2. The van der Waals surface area contributed by atoms with Gasteiger partial charge in [0.05, 0.1) is 6.42 Å². The third-order valence-electron chi connectivity index (χ3n) is 1.65. The van der Waals surface area contributed by atoms with Crippen LogP contribution in [0.15, 0.2) is 11.8 Å². The number of nitrogens with zero attached hydrogens (tertiary/aromatic N) is 1. The Morgan fingerprint density at radius 3 is 2.38 bits per heavy atom. The second-order valence-corrected chi connectivity index (χ2v) is 2.62. The molecule has 0 atom stereocenters. The van der Waals surface area contributed by atoms with E-state index in [1.54, 1.807) is 0 Å². The molecular weight excluding hydrogens is 187 g/mol. The number of hydrogen-bond acceptors (Lipinski definition) is 2. The summed E-state index contributed by atoms with van der Waals surface area (Å²) >= 11 is 0. The average Bonchev–Trinajstić information content (AvgIpc) is 1.94. The van der Waals surface area contributed by atoms with Gasteiger partial charge in [-0.1, -0.05) is 0 Å². The minimum absolute atomic E-state index is 0.446. The molecule has 3 nitrogen and oxygen atoms in total. The third-order valence-corrected chi connectivity index (χ3v) is 1.65. The normalized spacial score (nSPS) is 19.1. The predicted octanol–water partition coefficient (Wildman–Crippen LogP) is 0.864. The quantitative estimate of drug-likeness (QED) is 0.535. The molecule has 1 amide bonds. The smallest absolute Gasteiger partial charge is 0.311 e. The summed E-state index contributed by atoms with van der Waals surface area (Å²) in [7, 11) is 0.994. The highest BCUT2D eigenvalue weighted by Crippen LogP contribution is 2.30. The van der Waals surface area contributed by atoms with Gasteiger partial charge >= 0.3 is 6.18 Å². The van der Waals surface area contributed by atoms with Crippen LogP contribution in [0.4, 0.5) is 13.2 Å². The van der Waals surface area contributed by atoms with Gasteiger partial charge in [0.25, 0.3) is 0 Å². The van der Waals surface area contributed by atoms with Gasteiger partial charge in [0.15, 0.2) is 5.78 Å². The predicted molar refractivity (Wildman–Crippen MR) is 36.5 cm³/mol. The molecule has 0 spiro atoms. The number of alkyl halides is 3. The van der Waals surface area contributed by atoms with Gasteiger partial charge in [-0.15, -0.1) is 0 Å². The van der Waals surface area contributed by atoms with Crippen LogP contribution in [0, 0.1) is 0 Å². The summed E-state index contributed by atoms with van der Waals surface area (Å²) in [6.07, 6.45) is -4.70. The monoisotopic (exact) mass is 193 g/mol. The maximum atomic E-state index is 12.1. The topological polar surface area (TPSA) is 37.4 Å². The molecule has 0 fully saturated rings. The first-order valence-electron chi connectivity index (χ1n) is 3.40. The number of ketones is 1. The molecule has 0 saturated carbocycles. The summed E-state index contributed by atoms with van der Waals surface area (Å²) in [5, 5.41) is 0. The lowest BCUT2D eigenvalue weighted by Crippen LogP contribution is -2.38. The summed E-state index contributed by atoms with van der Waals surface area (Å²) in [5.41, 5.74) is -1.20. The molecular formula is C7H6F3NO2. The molecule has 6 heteroatoms. The van der Waals surface area contributed by atoms with E-state index >= 15 is 0 Å². The first kappa shape index (κ1) is 9.76. The summed E-state index contributed by atoms with van der Waals surface area (Å²) in [6.45, 7) is 0. The van der Waals surface area contributed by atoms with Crippen LogP contribution in [0.5, 0.6) is 0 Å². The molecule has 1 aliphatic rings. The zero-order valence-corrected chi connectivity index (χ0v) is 6.68. The van der Waals surface area contributed by atoms with E-state index in [1.807, 2.05) is 0 Å². The molecule has 0 bridgehead atoms. The van der Waals surface area contributed by atoms with E-state index in [0.717, 1.165) is 7.05 Å². The van der Waals surface area contributed by atoms with Crippen LogP contribution < -0.4 is 0 Å². The molecule has 0 N–H and O–H groups in total. The van der Waals surface area contributed by atoms with Crippen molar-refractivity contribution in [3.8, 4) is 0 Å². The van der Waals surface area contributed by atoms with E-state index in [1.165, 1.54) is 0 Å². The van der Waals surface area contributed by atoms with Crippen LogP contribution in [0.3, 0.4) is 0 Å². The van der Waals surface area contributed by atoms with E-state index in [-0.39, 0.29) is 0 Å². The van der Waals surface area contributed by atoms with Gasteiger partial charge in [0.1, 0.15) is 5.70 Å². The Kier molecular flexibility index (Phi) is 2.15. The summed E-state index contributed by atoms with van der Waals surface area (Å²) in [6, 6.07) is 0. The summed E-state index contributed by atoms with van der Waals surface area (Å²) in [5.74, 6) is -1.64. The fourth-order valence-electron chi connectivity index (χ4n) is 0.974. The number of amides is 1. The summed E-state index contributed by atoms with van der Waals surface area (Å²) in [4.78, 5) is 21.9. The second kappa shape index (κ2) is 2.86. The minimum atomic E-state index is -4.65. The highest BCUT2D eigenvalue weighted by molar-refractivity contribution is 6.07. The Balaban J connectivity index is 3.07. The van der Waals surface area contributed by atoms with Crippen molar-refractivity contribution in [2.45, 2.75) is 12.6 Å². The molecule has 0 saturated heterocycles. The van der Waals surface area contributed by atoms with E-state index in [9.17, 15) is 22.8 Å². The number of halogens is 3. The van der Waals surface area contributed by atoms with Crippen LogP contribution in [0.1, 0.15) is 6.42 Å². The molecule has 13 heavy (non-hydrogen) atoms. The number of rotatable bonds is 0. The molecule has 0 radical (unpaired) electrons. The van der Waals surface area contributed by atoms with Crippen molar-refractivity contribution >= 4 is 11.7 Å². The summed E-state index contributed by atoms with van der Waals surface area (Å²) < 4.78 is 36.4. The minimum Gasteiger partial charge on any atom is -0.311 e. The molecule has 0 aromatic rings. The van der Waals surface area contributed by atoms with Crippen LogP contribution in [-0.2, 0) is 9.59 Å². The maximum absolute atomic E-state index is 12.1. The fraction of sp³-hybridized carbons (Fsp3) is 0.429. The lowest BCUT2D eigenvalue weighted by Gasteiger charge is -2.25. The van der Waals surface area contributed by atoms with E-state index in [2.05, 4.69) is 0 Å². The Hall–Kier alpha value is -1.33.